The van der Waals surface area contributed by atoms with Gasteiger partial charge in [0, 0.05) is 0 Å². The van der Waals surface area contributed by atoms with Crippen molar-refractivity contribution in [1.82, 2.24) is 0 Å². The van der Waals surface area contributed by atoms with Crippen LogP contribution in [-0.4, -0.2) is 77.8 Å². The van der Waals surface area contributed by atoms with Crippen LogP contribution in [0.1, 0.15) is 86.5 Å². The predicted molar refractivity (Wildman–Crippen MR) is 294 cm³/mol. The van der Waals surface area contributed by atoms with E-state index in [0.717, 1.165) is 20.7 Å². The fourth-order valence-corrected chi connectivity index (χ4v) is 21.1. The highest BCUT2D eigenvalue weighted by atomic mass is 127. The zero-order chi connectivity index (χ0) is 49.7. The summed E-state index contributed by atoms with van der Waals surface area (Å²) in [5, 5.41) is 3.75. The molecule has 362 valence electrons. The first-order valence-electron chi connectivity index (χ1n) is 23.9. The van der Waals surface area contributed by atoms with Crippen molar-refractivity contribution in [3.63, 3.8) is 0 Å². The third-order valence-corrected chi connectivity index (χ3v) is 29.7. The van der Waals surface area contributed by atoms with Gasteiger partial charge in [-0.1, -0.05) is 230 Å². The molecule has 0 amide bonds. The summed E-state index contributed by atoms with van der Waals surface area (Å²) in [5.74, 6) is 2.46. The molecule has 0 aromatic heterocycles. The lowest BCUT2D eigenvalue weighted by atomic mass is 10.0. The Balaban J connectivity index is 1.55. The van der Waals surface area contributed by atoms with Crippen LogP contribution in [0.5, 0.6) is 0 Å². The van der Waals surface area contributed by atoms with Crippen LogP contribution in [0.3, 0.4) is 0 Å². The van der Waals surface area contributed by atoms with E-state index in [-0.39, 0.29) is 15.1 Å². The van der Waals surface area contributed by atoms with Gasteiger partial charge >= 0.3 is 5.97 Å². The van der Waals surface area contributed by atoms with Gasteiger partial charge in [0.15, 0.2) is 14.6 Å². The molecular weight excluding hydrogens is 1010 g/mol. The number of carbonyl (C=O) groups excluding carboxylic acids is 1. The summed E-state index contributed by atoms with van der Waals surface area (Å²) in [6.45, 7) is 28.5. The fraction of sp³-hybridized carbons (Fsp3) is 0.421. The normalized spacial score (nSPS) is 21.0. The molecule has 0 N–H and O–H groups in total. The van der Waals surface area contributed by atoms with Crippen LogP contribution in [-0.2, 0) is 27.5 Å². The Kier molecular flexibility index (Phi) is 17.2. The maximum absolute atomic E-state index is 13.8. The lowest BCUT2D eigenvalue weighted by Crippen LogP contribution is -2.74. The number of alkyl halides is 1. The van der Waals surface area contributed by atoms with Crippen molar-refractivity contribution in [1.29, 1.82) is 0 Å². The Morgan fingerprint density at radius 3 is 1.34 bits per heavy atom. The van der Waals surface area contributed by atoms with Crippen molar-refractivity contribution in [2.45, 2.75) is 151 Å². The number of hydrogen-bond donors (Lipinski definition) is 0. The molecule has 0 aliphatic carbocycles. The van der Waals surface area contributed by atoms with Gasteiger partial charge < -0.3 is 27.5 Å². The zero-order valence-electron chi connectivity index (χ0n) is 42.4. The lowest BCUT2D eigenvalue weighted by molar-refractivity contribution is -0.262. The van der Waals surface area contributed by atoms with Crippen LogP contribution in [0.25, 0.3) is 0 Å². The molecule has 11 heteroatoms. The number of rotatable bonds is 16. The van der Waals surface area contributed by atoms with Crippen molar-refractivity contribution >= 4 is 74.3 Å². The van der Waals surface area contributed by atoms with E-state index in [0.29, 0.717) is 5.56 Å². The van der Waals surface area contributed by atoms with Gasteiger partial charge in [-0.15, -0.1) is 6.42 Å². The van der Waals surface area contributed by atoms with Gasteiger partial charge in [-0.25, -0.2) is 4.79 Å². The van der Waals surface area contributed by atoms with Gasteiger partial charge in [-0.05, 0) is 74.9 Å². The van der Waals surface area contributed by atoms with Gasteiger partial charge in [0.05, 0.1) is 27.8 Å². The van der Waals surface area contributed by atoms with E-state index in [1.165, 1.54) is 0 Å². The smallest absolute Gasteiger partial charge is 0.338 e. The van der Waals surface area contributed by atoms with Crippen LogP contribution in [0.15, 0.2) is 152 Å². The molecule has 68 heavy (non-hydrogen) atoms. The van der Waals surface area contributed by atoms with Crippen molar-refractivity contribution in [3.05, 3.63) is 157 Å². The fourth-order valence-electron chi connectivity index (χ4n) is 9.31. The Morgan fingerprint density at radius 1 is 0.618 bits per heavy atom. The number of halogens is 1. The molecular formula is C57H73IO7Si3. The molecule has 5 aromatic carbocycles. The molecule has 1 fully saturated rings. The third kappa shape index (κ3) is 11.2. The van der Waals surface area contributed by atoms with E-state index in [9.17, 15) is 4.79 Å². The maximum Gasteiger partial charge on any atom is 0.338 e. The quantitative estimate of drug-likeness (QED) is 0.0320. The Labute approximate surface area is 424 Å². The van der Waals surface area contributed by atoms with E-state index in [1.54, 1.807) is 12.1 Å². The first kappa shape index (κ1) is 53.7. The van der Waals surface area contributed by atoms with Crippen molar-refractivity contribution in [3.8, 4) is 12.3 Å². The number of ether oxygens (including phenoxy) is 3. The standard InChI is InChI=1S/C57H73IO7Si3/c1-15-48(63-66(13,14)55(4,5)6)50(41(2)60-53(59)43-31-21-16-22-32-43)62-54-49(58)52(65-68(57(10,11)12,46-37-27-19-28-38-46)47-39-29-20-30-40-47)51(42(3)61-54)64-67(56(7,8)9,44-33-23-17-24-34-44)45-35-25-18-26-36-45/h1,16-42,48-52,54H,2-14H3/t41-,42-,48?,49-,50-,51-,52-,54+/m1/s1. The van der Waals surface area contributed by atoms with Gasteiger partial charge in [-0.2, -0.15) is 0 Å². The number of esters is 1. The topological polar surface area (TPSA) is 72.5 Å². The Bertz CT molecular complexity index is 2340. The number of benzene rings is 5. The van der Waals surface area contributed by atoms with Crippen LogP contribution >= 0.6 is 22.6 Å². The van der Waals surface area contributed by atoms with Crippen LogP contribution in [0.2, 0.25) is 28.2 Å². The molecule has 0 saturated carbocycles. The Morgan fingerprint density at radius 2 is 0.985 bits per heavy atom. The SMILES string of the molecule is C#CC(O[Si](C)(C)C(C)(C)C)[C@H](O[C@@H]1O[C@H](C)[C@@H](O[Si](c2ccccc2)(c2ccccc2)C(C)(C)C)[C@H](O[Si](c2ccccc2)(c2ccccc2)C(C)(C)C)[C@H]1I)[C@@H](C)OC(=O)c1ccccc1. The average Bonchev–Trinajstić information content (AvgIpc) is 3.30. The number of terminal acetylenes is 1. The summed E-state index contributed by atoms with van der Waals surface area (Å²) in [4.78, 5) is 13.8. The zero-order valence-corrected chi connectivity index (χ0v) is 47.5. The number of hydrogen-bond acceptors (Lipinski definition) is 7. The highest BCUT2D eigenvalue weighted by molar-refractivity contribution is 14.1. The van der Waals surface area contributed by atoms with Crippen LogP contribution < -0.4 is 20.7 Å². The molecule has 1 aliphatic heterocycles. The van der Waals surface area contributed by atoms with Crippen LogP contribution in [0.4, 0.5) is 0 Å². The first-order valence-corrected chi connectivity index (χ1v) is 31.9. The van der Waals surface area contributed by atoms with E-state index >= 15 is 0 Å². The summed E-state index contributed by atoms with van der Waals surface area (Å²) in [6.07, 6.45) is 1.20. The molecule has 0 spiro atoms. The third-order valence-electron chi connectivity index (χ3n) is 13.9. The minimum atomic E-state index is -3.26. The van der Waals surface area contributed by atoms with Crippen molar-refractivity contribution < 1.29 is 32.3 Å². The largest absolute Gasteiger partial charge is 0.456 e. The minimum absolute atomic E-state index is 0.168. The summed E-state index contributed by atoms with van der Waals surface area (Å²) < 4.78 is 43.7. The molecule has 5 aromatic rings. The summed E-state index contributed by atoms with van der Waals surface area (Å²) >= 11 is 2.47. The molecule has 8 atom stereocenters. The first-order chi connectivity index (χ1) is 32.0. The predicted octanol–water partition coefficient (Wildman–Crippen LogP) is 11.1. The highest BCUT2D eigenvalue weighted by Crippen LogP contribution is 2.45. The van der Waals surface area contributed by atoms with Gasteiger partial charge in [0.25, 0.3) is 16.6 Å². The van der Waals surface area contributed by atoms with Crippen LogP contribution in [0, 0.1) is 12.3 Å². The molecule has 1 unspecified atom stereocenters. The molecule has 1 heterocycles. The monoisotopic (exact) mass is 1080 g/mol. The van der Waals surface area contributed by atoms with Crippen molar-refractivity contribution in [2.75, 3.05) is 0 Å². The summed E-state index contributed by atoms with van der Waals surface area (Å²) in [5.41, 5.74) is 0.428. The van der Waals surface area contributed by atoms with Gasteiger partial charge in [0.2, 0.25) is 0 Å². The molecule has 1 aliphatic rings. The molecule has 0 radical (unpaired) electrons. The van der Waals surface area contributed by atoms with E-state index in [2.05, 4.69) is 232 Å². The average molecular weight is 1080 g/mol. The highest BCUT2D eigenvalue weighted by Gasteiger charge is 2.60. The molecule has 7 nitrogen and oxygen atoms in total. The molecule has 1 saturated heterocycles. The van der Waals surface area contributed by atoms with Gasteiger partial charge in [0.1, 0.15) is 18.3 Å². The van der Waals surface area contributed by atoms with E-state index in [4.69, 9.17) is 33.9 Å². The summed E-state index contributed by atoms with van der Waals surface area (Å²) in [7, 11) is -8.97. The second-order valence-corrected chi connectivity index (χ2v) is 36.4. The van der Waals surface area contributed by atoms with E-state index in [1.807, 2.05) is 25.1 Å². The Hall–Kier alpha value is -3.69. The summed E-state index contributed by atoms with van der Waals surface area (Å²) in [6, 6.07) is 51.8. The molecule has 0 bridgehead atoms. The second kappa shape index (κ2) is 21.7. The molecule has 6 rings (SSSR count). The van der Waals surface area contributed by atoms with E-state index < -0.39 is 77.8 Å². The van der Waals surface area contributed by atoms with Gasteiger partial charge in [-0.3, -0.25) is 0 Å². The van der Waals surface area contributed by atoms with Crippen molar-refractivity contribution in [2.24, 2.45) is 0 Å². The second-order valence-electron chi connectivity index (χ2n) is 21.7. The maximum atomic E-state index is 13.8. The minimum Gasteiger partial charge on any atom is -0.456 e. The number of carbonyl (C=O) groups is 1. The lowest BCUT2D eigenvalue weighted by Gasteiger charge is -2.54.